The van der Waals surface area contributed by atoms with Crippen molar-refractivity contribution in [3.8, 4) is 11.5 Å². The Labute approximate surface area is 241 Å². The summed E-state index contributed by atoms with van der Waals surface area (Å²) >= 11 is 1.24. The zero-order chi connectivity index (χ0) is 28.5. The van der Waals surface area contributed by atoms with Crippen LogP contribution < -0.4 is 25.6 Å². The Morgan fingerprint density at radius 2 is 1.80 bits per heavy atom. The van der Waals surface area contributed by atoms with Gasteiger partial charge >= 0.3 is 6.03 Å². The molecule has 0 bridgehead atoms. The van der Waals surface area contributed by atoms with Gasteiger partial charge in [-0.15, -0.1) is 11.3 Å². The number of urea groups is 1. The summed E-state index contributed by atoms with van der Waals surface area (Å²) in [6.45, 7) is 5.45. The highest BCUT2D eigenvalue weighted by Gasteiger charge is 2.35. The average molecular weight is 568 g/mol. The first-order valence-corrected chi connectivity index (χ1v) is 14.3. The summed E-state index contributed by atoms with van der Waals surface area (Å²) in [6.07, 6.45) is 6.34. The van der Waals surface area contributed by atoms with Crippen LogP contribution in [-0.2, 0) is 4.79 Å². The molecular weight excluding hydrogens is 538 g/mol. The van der Waals surface area contributed by atoms with E-state index in [0.29, 0.717) is 37.9 Å². The van der Waals surface area contributed by atoms with E-state index in [2.05, 4.69) is 27.5 Å². The van der Waals surface area contributed by atoms with Crippen molar-refractivity contribution >= 4 is 56.5 Å². The number of amides is 4. The Balaban J connectivity index is 1.30. The number of nitrogens with zero attached hydrogens (tertiary/aromatic N) is 2. The van der Waals surface area contributed by atoms with Crippen LogP contribution in [0.15, 0.2) is 73.4 Å². The molecule has 3 N–H and O–H groups in total. The first kappa shape index (κ1) is 26.5. The Morgan fingerprint density at radius 1 is 1.05 bits per heavy atom. The van der Waals surface area contributed by atoms with Gasteiger partial charge in [0.15, 0.2) is 0 Å². The highest BCUT2D eigenvalue weighted by atomic mass is 32.1. The smallest absolute Gasteiger partial charge is 0.331 e. The summed E-state index contributed by atoms with van der Waals surface area (Å²) in [4.78, 5) is 46.2. The Hall–Kier alpha value is -4.70. The second-order valence-corrected chi connectivity index (χ2v) is 11.1. The molecule has 0 radical (unpaired) electrons. The third-order valence-electron chi connectivity index (χ3n) is 7.44. The van der Waals surface area contributed by atoms with E-state index in [-0.39, 0.29) is 29.9 Å². The molecule has 2 atom stereocenters. The minimum atomic E-state index is -0.369. The molecule has 3 heterocycles. The first-order chi connectivity index (χ1) is 19.9. The van der Waals surface area contributed by atoms with Crippen molar-refractivity contribution in [2.24, 2.45) is 0 Å². The predicted octanol–water partition coefficient (Wildman–Crippen LogP) is 6.42. The molecule has 2 aromatic heterocycles. The molecule has 1 aliphatic carbocycles. The highest BCUT2D eigenvalue weighted by molar-refractivity contribution is 7.21. The lowest BCUT2D eigenvalue weighted by Crippen LogP contribution is -2.52. The second-order valence-electron chi connectivity index (χ2n) is 10.1. The van der Waals surface area contributed by atoms with Gasteiger partial charge in [0.2, 0.25) is 5.91 Å². The van der Waals surface area contributed by atoms with Crippen molar-refractivity contribution in [2.45, 2.75) is 44.7 Å². The van der Waals surface area contributed by atoms with E-state index in [1.54, 1.807) is 17.2 Å². The normalized spacial score (nSPS) is 18.0. The van der Waals surface area contributed by atoms with Gasteiger partial charge in [0.25, 0.3) is 5.91 Å². The maximum Gasteiger partial charge on any atom is 0.331 e. The second kappa shape index (κ2) is 11.1. The molecule has 10 heteroatoms. The van der Waals surface area contributed by atoms with Crippen molar-refractivity contribution in [1.82, 2.24) is 15.6 Å². The third-order valence-corrected chi connectivity index (χ3v) is 8.53. The zero-order valence-electron chi connectivity index (χ0n) is 22.5. The molecule has 4 amide bonds. The van der Waals surface area contributed by atoms with Gasteiger partial charge in [-0.2, -0.15) is 0 Å². The zero-order valence-corrected chi connectivity index (χ0v) is 23.3. The summed E-state index contributed by atoms with van der Waals surface area (Å²) in [6, 6.07) is 16.1. The lowest BCUT2D eigenvalue weighted by atomic mass is 9.90. The van der Waals surface area contributed by atoms with Crippen molar-refractivity contribution in [3.63, 3.8) is 0 Å². The molecule has 0 saturated heterocycles. The molecule has 1 aliphatic heterocycles. The lowest BCUT2D eigenvalue weighted by molar-refractivity contribution is -0.117. The van der Waals surface area contributed by atoms with Crippen LogP contribution in [0.5, 0.6) is 11.5 Å². The maximum absolute atomic E-state index is 13.6. The summed E-state index contributed by atoms with van der Waals surface area (Å²) in [5.41, 5.74) is 2.65. The summed E-state index contributed by atoms with van der Waals surface area (Å²) in [7, 11) is 0. The Bertz CT molecular complexity index is 1670. The van der Waals surface area contributed by atoms with E-state index >= 15 is 0 Å². The Morgan fingerprint density at radius 3 is 2.54 bits per heavy atom. The van der Waals surface area contributed by atoms with Gasteiger partial charge in [-0.1, -0.05) is 37.6 Å². The fourth-order valence-electron chi connectivity index (χ4n) is 5.50. The number of nitrogens with one attached hydrogen (secondary N) is 3. The molecular formula is C31H29N5O4S. The molecule has 41 heavy (non-hydrogen) atoms. The van der Waals surface area contributed by atoms with Crippen LogP contribution in [0.4, 0.5) is 21.9 Å². The van der Waals surface area contributed by atoms with Crippen LogP contribution in [-0.4, -0.2) is 34.9 Å². The van der Waals surface area contributed by atoms with E-state index in [0.717, 1.165) is 37.0 Å². The van der Waals surface area contributed by atoms with E-state index in [4.69, 9.17) is 4.74 Å². The van der Waals surface area contributed by atoms with Crippen LogP contribution in [0.2, 0.25) is 0 Å². The molecule has 208 valence electrons. The monoisotopic (exact) mass is 567 g/mol. The standard InChI is InChI=1S/C31H29N5O4S/c1-3-25(37)33-21-11-7-8-12-22(21)34-29(38)28-27-26-24(15-16-32-30(26)41-28)36(31(39)35-27)23-14-13-20(17-18(23)2)40-19-9-5-4-6-10-19/h3-6,9-10,13-17,21-22H,1,7-8,11-12H2,2H3,(H,33,37)(H,34,38)(H,35,39)/t21-,22-/m1/s1. The number of benzene rings is 2. The summed E-state index contributed by atoms with van der Waals surface area (Å²) in [5, 5.41) is 9.71. The van der Waals surface area contributed by atoms with E-state index < -0.39 is 0 Å². The van der Waals surface area contributed by atoms with Crippen LogP contribution in [0.1, 0.15) is 40.9 Å². The summed E-state index contributed by atoms with van der Waals surface area (Å²) in [5.74, 6) is 0.827. The molecule has 0 spiro atoms. The molecule has 4 aromatic rings. The Kier molecular flexibility index (Phi) is 7.15. The molecule has 9 nitrogen and oxygen atoms in total. The van der Waals surface area contributed by atoms with Crippen molar-refractivity contribution < 1.29 is 19.1 Å². The molecule has 1 fully saturated rings. The number of aromatic nitrogens is 1. The van der Waals surface area contributed by atoms with Crippen LogP contribution >= 0.6 is 11.3 Å². The molecule has 2 aromatic carbocycles. The number of thiophene rings is 1. The molecule has 0 unspecified atom stereocenters. The van der Waals surface area contributed by atoms with Crippen molar-refractivity contribution in [1.29, 1.82) is 0 Å². The number of anilines is 3. The van der Waals surface area contributed by atoms with Gasteiger partial charge in [-0.3, -0.25) is 14.5 Å². The van der Waals surface area contributed by atoms with E-state index in [9.17, 15) is 14.4 Å². The number of hydrogen-bond acceptors (Lipinski definition) is 6. The lowest BCUT2D eigenvalue weighted by Gasteiger charge is -2.32. The SMILES string of the molecule is C=CC(=O)N[C@@H]1CCCC[C@H]1NC(=O)c1sc2nccc3c2c1NC(=O)N3c1ccc(Oc2ccccc2)cc1C. The molecule has 6 rings (SSSR count). The van der Waals surface area contributed by atoms with E-state index in [1.807, 2.05) is 55.5 Å². The number of rotatable bonds is 7. The summed E-state index contributed by atoms with van der Waals surface area (Å²) < 4.78 is 5.97. The number of carbonyl (C=O) groups is 3. The highest BCUT2D eigenvalue weighted by Crippen LogP contribution is 2.46. The number of para-hydroxylation sites is 1. The topological polar surface area (TPSA) is 113 Å². The first-order valence-electron chi connectivity index (χ1n) is 13.5. The minimum absolute atomic E-state index is 0.181. The van der Waals surface area contributed by atoms with Crippen LogP contribution in [0.25, 0.3) is 10.2 Å². The number of carbonyl (C=O) groups excluding carboxylic acids is 3. The van der Waals surface area contributed by atoms with Gasteiger partial charge in [0.1, 0.15) is 21.2 Å². The molecule has 2 aliphatic rings. The van der Waals surface area contributed by atoms with E-state index in [1.165, 1.54) is 17.4 Å². The third kappa shape index (κ3) is 5.14. The fourth-order valence-corrected chi connectivity index (χ4v) is 6.52. The van der Waals surface area contributed by atoms with Crippen LogP contribution in [0, 0.1) is 6.92 Å². The quantitative estimate of drug-likeness (QED) is 0.223. The molecule has 1 saturated carbocycles. The van der Waals surface area contributed by atoms with Gasteiger partial charge in [0, 0.05) is 18.3 Å². The number of aryl methyl sites for hydroxylation is 1. The maximum atomic E-state index is 13.6. The minimum Gasteiger partial charge on any atom is -0.457 e. The van der Waals surface area contributed by atoms with Crippen molar-refractivity contribution in [2.75, 3.05) is 10.2 Å². The van der Waals surface area contributed by atoms with Gasteiger partial charge < -0.3 is 20.7 Å². The predicted molar refractivity (Wildman–Crippen MR) is 160 cm³/mol. The fraction of sp³-hybridized carbons (Fsp3) is 0.226. The largest absolute Gasteiger partial charge is 0.457 e. The number of hydrogen-bond donors (Lipinski definition) is 3. The number of ether oxygens (including phenoxy) is 1. The van der Waals surface area contributed by atoms with Gasteiger partial charge in [-0.25, -0.2) is 9.78 Å². The van der Waals surface area contributed by atoms with Gasteiger partial charge in [-0.05, 0) is 67.8 Å². The van der Waals surface area contributed by atoms with Crippen molar-refractivity contribution in [3.05, 3.63) is 83.9 Å². The average Bonchev–Trinajstić information content (AvgIpc) is 3.35. The number of pyridine rings is 1. The van der Waals surface area contributed by atoms with Crippen LogP contribution in [0.3, 0.4) is 0 Å². The van der Waals surface area contributed by atoms with Gasteiger partial charge in [0.05, 0.1) is 22.4 Å².